The van der Waals surface area contributed by atoms with Crippen LogP contribution in [0.4, 0.5) is 0 Å². The number of carbonyl (C=O) groups excluding carboxylic acids is 2. The topological polar surface area (TPSA) is 81.0 Å². The van der Waals surface area contributed by atoms with Crippen molar-refractivity contribution >= 4 is 11.7 Å². The lowest BCUT2D eigenvalue weighted by atomic mass is 9.94. The largest absolute Gasteiger partial charge is 0.497 e. The van der Waals surface area contributed by atoms with Gasteiger partial charge in [0, 0.05) is 44.6 Å². The highest BCUT2D eigenvalue weighted by atomic mass is 16.5. The number of amides is 1. The number of fused-ring (bicyclic) bond motifs is 2. The first-order valence-electron chi connectivity index (χ1n) is 10.6. The van der Waals surface area contributed by atoms with E-state index >= 15 is 0 Å². The van der Waals surface area contributed by atoms with Crippen LogP contribution in [0, 0.1) is 0 Å². The summed E-state index contributed by atoms with van der Waals surface area (Å²) in [6, 6.07) is 5.87. The van der Waals surface area contributed by atoms with E-state index in [1.165, 1.54) is 6.26 Å². The number of nitrogens with one attached hydrogen (secondary N) is 1. The second-order valence-electron chi connectivity index (χ2n) is 7.84. The SMILES string of the molecule is CCC1CN(CCNC(=O)c2coc3c2C(=O)CCC3)Cc2cc(OC)ccc2O1. The van der Waals surface area contributed by atoms with E-state index in [0.29, 0.717) is 42.8 Å². The van der Waals surface area contributed by atoms with Crippen LogP contribution < -0.4 is 14.8 Å². The van der Waals surface area contributed by atoms with Crippen molar-refractivity contribution in [3.05, 3.63) is 46.9 Å². The molecule has 1 unspecified atom stereocenters. The molecule has 1 aromatic carbocycles. The number of hydrogen-bond donors (Lipinski definition) is 1. The lowest BCUT2D eigenvalue weighted by molar-refractivity contribution is 0.0920. The Hall–Kier alpha value is -2.80. The summed E-state index contributed by atoms with van der Waals surface area (Å²) in [5.41, 5.74) is 1.90. The van der Waals surface area contributed by atoms with Gasteiger partial charge in [0.25, 0.3) is 5.91 Å². The Morgan fingerprint density at radius 1 is 1.33 bits per heavy atom. The summed E-state index contributed by atoms with van der Waals surface area (Å²) in [5, 5.41) is 2.94. The zero-order valence-electron chi connectivity index (χ0n) is 17.5. The third kappa shape index (κ3) is 4.21. The summed E-state index contributed by atoms with van der Waals surface area (Å²) in [7, 11) is 1.65. The second-order valence-corrected chi connectivity index (χ2v) is 7.84. The molecule has 0 radical (unpaired) electrons. The van der Waals surface area contributed by atoms with Crippen LogP contribution in [0.2, 0.25) is 0 Å². The van der Waals surface area contributed by atoms with Gasteiger partial charge in [-0.1, -0.05) is 6.92 Å². The van der Waals surface area contributed by atoms with Crippen LogP contribution in [-0.2, 0) is 13.0 Å². The summed E-state index contributed by atoms with van der Waals surface area (Å²) in [6.07, 6.45) is 4.37. The maximum Gasteiger partial charge on any atom is 0.255 e. The van der Waals surface area contributed by atoms with E-state index in [2.05, 4.69) is 17.1 Å². The Morgan fingerprint density at radius 3 is 3.00 bits per heavy atom. The first-order chi connectivity index (χ1) is 14.6. The van der Waals surface area contributed by atoms with Gasteiger partial charge in [-0.05, 0) is 31.0 Å². The summed E-state index contributed by atoms with van der Waals surface area (Å²) in [4.78, 5) is 27.1. The highest BCUT2D eigenvalue weighted by molar-refractivity contribution is 6.09. The van der Waals surface area contributed by atoms with E-state index in [1.807, 2.05) is 18.2 Å². The van der Waals surface area contributed by atoms with Crippen molar-refractivity contribution in [3.8, 4) is 11.5 Å². The molecule has 1 aliphatic heterocycles. The fraction of sp³-hybridized carbons (Fsp3) is 0.478. The minimum absolute atomic E-state index is 0.00356. The van der Waals surface area contributed by atoms with Gasteiger partial charge in [-0.15, -0.1) is 0 Å². The molecule has 30 heavy (non-hydrogen) atoms. The Kier molecular flexibility index (Phi) is 6.08. The quantitative estimate of drug-likeness (QED) is 0.785. The molecule has 2 aromatic rings. The first kappa shape index (κ1) is 20.5. The smallest absolute Gasteiger partial charge is 0.255 e. The fourth-order valence-corrected chi connectivity index (χ4v) is 4.13. The Morgan fingerprint density at radius 2 is 2.20 bits per heavy atom. The molecule has 7 nitrogen and oxygen atoms in total. The van der Waals surface area contributed by atoms with E-state index < -0.39 is 0 Å². The van der Waals surface area contributed by atoms with Gasteiger partial charge in [0.05, 0.1) is 18.2 Å². The average molecular weight is 412 g/mol. The average Bonchev–Trinajstić information content (AvgIpc) is 3.11. The molecule has 1 aliphatic carbocycles. The maximum absolute atomic E-state index is 12.7. The summed E-state index contributed by atoms with van der Waals surface area (Å²) in [5.74, 6) is 2.07. The first-order valence-corrected chi connectivity index (χ1v) is 10.6. The molecule has 1 atom stereocenters. The van der Waals surface area contributed by atoms with Crippen LogP contribution in [-0.4, -0.2) is 49.4 Å². The molecule has 4 rings (SSSR count). The van der Waals surface area contributed by atoms with Crippen LogP contribution >= 0.6 is 0 Å². The van der Waals surface area contributed by atoms with Crippen molar-refractivity contribution in [3.63, 3.8) is 0 Å². The molecule has 1 aromatic heterocycles. The molecule has 1 amide bonds. The van der Waals surface area contributed by atoms with Crippen molar-refractivity contribution in [1.29, 1.82) is 0 Å². The lowest BCUT2D eigenvalue weighted by Gasteiger charge is -2.23. The number of hydrogen-bond acceptors (Lipinski definition) is 6. The molecule has 0 saturated carbocycles. The molecule has 0 spiro atoms. The molecule has 2 heterocycles. The molecular formula is C23H28N2O5. The Balaban J connectivity index is 1.40. The lowest BCUT2D eigenvalue weighted by Crippen LogP contribution is -2.38. The molecule has 0 bridgehead atoms. The van der Waals surface area contributed by atoms with Crippen LogP contribution in [0.25, 0.3) is 0 Å². The van der Waals surface area contributed by atoms with Crippen molar-refractivity contribution in [2.24, 2.45) is 0 Å². The molecular weight excluding hydrogens is 384 g/mol. The number of ketones is 1. The zero-order chi connectivity index (χ0) is 21.1. The predicted molar refractivity (Wildman–Crippen MR) is 111 cm³/mol. The van der Waals surface area contributed by atoms with Gasteiger partial charge in [0.15, 0.2) is 5.78 Å². The van der Waals surface area contributed by atoms with E-state index in [-0.39, 0.29) is 17.8 Å². The standard InChI is InChI=1S/C23H28N2O5/c1-3-16-13-25(12-15-11-17(28-2)7-8-20(15)30-16)10-9-24-23(27)18-14-29-21-6-4-5-19(26)22(18)21/h7-8,11,14,16H,3-6,9-10,12-13H2,1-2H3,(H,24,27). The van der Waals surface area contributed by atoms with E-state index in [0.717, 1.165) is 43.0 Å². The number of ether oxygens (including phenoxy) is 2. The highest BCUT2D eigenvalue weighted by Gasteiger charge is 2.28. The zero-order valence-corrected chi connectivity index (χ0v) is 17.5. The van der Waals surface area contributed by atoms with Gasteiger partial charge in [-0.25, -0.2) is 0 Å². The number of nitrogens with zero attached hydrogens (tertiary/aromatic N) is 1. The van der Waals surface area contributed by atoms with Gasteiger partial charge in [-0.3, -0.25) is 14.5 Å². The number of carbonyl (C=O) groups is 2. The molecule has 2 aliphatic rings. The third-order valence-corrected chi connectivity index (χ3v) is 5.78. The second kappa shape index (κ2) is 8.92. The van der Waals surface area contributed by atoms with Crippen molar-refractivity contribution in [2.75, 3.05) is 26.7 Å². The Labute approximate surface area is 176 Å². The van der Waals surface area contributed by atoms with Crippen LogP contribution in [0.5, 0.6) is 11.5 Å². The minimum atomic E-state index is -0.254. The minimum Gasteiger partial charge on any atom is -0.497 e. The fourth-order valence-electron chi connectivity index (χ4n) is 4.13. The Bertz CT molecular complexity index is 936. The number of furan rings is 1. The molecule has 0 saturated heterocycles. The number of benzene rings is 1. The van der Waals surface area contributed by atoms with Gasteiger partial charge < -0.3 is 19.2 Å². The molecule has 160 valence electrons. The van der Waals surface area contributed by atoms with Gasteiger partial charge in [-0.2, -0.15) is 0 Å². The summed E-state index contributed by atoms with van der Waals surface area (Å²) >= 11 is 0. The number of Topliss-reactive ketones (excluding diaryl/α,β-unsaturated/α-hetero) is 1. The molecule has 1 N–H and O–H groups in total. The molecule has 0 fully saturated rings. The normalized spacial score (nSPS) is 18.7. The van der Waals surface area contributed by atoms with Crippen LogP contribution in [0.1, 0.15) is 58.2 Å². The van der Waals surface area contributed by atoms with E-state index in [4.69, 9.17) is 13.9 Å². The number of aryl methyl sites for hydroxylation is 1. The third-order valence-electron chi connectivity index (χ3n) is 5.78. The number of methoxy groups -OCH3 is 1. The van der Waals surface area contributed by atoms with Gasteiger partial charge in [0.2, 0.25) is 0 Å². The van der Waals surface area contributed by atoms with Crippen LogP contribution in [0.15, 0.2) is 28.9 Å². The van der Waals surface area contributed by atoms with E-state index in [1.54, 1.807) is 7.11 Å². The van der Waals surface area contributed by atoms with Crippen molar-refractivity contribution < 1.29 is 23.5 Å². The van der Waals surface area contributed by atoms with Crippen molar-refractivity contribution in [1.82, 2.24) is 10.2 Å². The molecule has 7 heteroatoms. The monoisotopic (exact) mass is 412 g/mol. The maximum atomic E-state index is 12.7. The van der Waals surface area contributed by atoms with Gasteiger partial charge in [0.1, 0.15) is 29.6 Å². The highest BCUT2D eigenvalue weighted by Crippen LogP contribution is 2.30. The van der Waals surface area contributed by atoms with Gasteiger partial charge >= 0.3 is 0 Å². The van der Waals surface area contributed by atoms with Crippen LogP contribution in [0.3, 0.4) is 0 Å². The van der Waals surface area contributed by atoms with E-state index in [9.17, 15) is 9.59 Å². The predicted octanol–water partition coefficient (Wildman–Crippen LogP) is 3.21. The van der Waals surface area contributed by atoms with Crippen molar-refractivity contribution in [2.45, 2.75) is 45.3 Å². The number of rotatable bonds is 6. The summed E-state index contributed by atoms with van der Waals surface area (Å²) in [6.45, 7) is 4.76. The summed E-state index contributed by atoms with van der Waals surface area (Å²) < 4.78 is 17.0.